The van der Waals surface area contributed by atoms with Crippen LogP contribution in [0.25, 0.3) is 10.2 Å². The summed E-state index contributed by atoms with van der Waals surface area (Å²) in [5.74, 6) is 3.91. The molecule has 7 heteroatoms. The molecule has 1 aliphatic heterocycles. The van der Waals surface area contributed by atoms with Crippen LogP contribution in [0.2, 0.25) is 0 Å². The maximum Gasteiger partial charge on any atom is 0.261 e. The Kier molecular flexibility index (Phi) is 4.38. The molecule has 26 heavy (non-hydrogen) atoms. The van der Waals surface area contributed by atoms with Crippen molar-refractivity contribution >= 4 is 62.0 Å². The number of rotatable bonds is 2. The predicted molar refractivity (Wildman–Crippen MR) is 113 cm³/mol. The van der Waals surface area contributed by atoms with Crippen LogP contribution in [-0.2, 0) is 10.5 Å². The minimum absolute atomic E-state index is 0.0286. The van der Waals surface area contributed by atoms with E-state index in [1.807, 2.05) is 47.8 Å². The molecule has 2 aromatic heterocycles. The van der Waals surface area contributed by atoms with Gasteiger partial charge in [-0.15, -0.1) is 34.9 Å². The zero-order chi connectivity index (χ0) is 17.7. The van der Waals surface area contributed by atoms with Gasteiger partial charge < -0.3 is 4.42 Å². The first-order valence-electron chi connectivity index (χ1n) is 8.65. The molecule has 134 valence electrons. The molecule has 1 aliphatic carbocycles. The first kappa shape index (κ1) is 17.2. The molecule has 0 saturated carbocycles. The Morgan fingerprint density at radius 2 is 2.08 bits per heavy atom. The Labute approximate surface area is 168 Å². The highest BCUT2D eigenvalue weighted by Crippen LogP contribution is 2.59. The topological polar surface area (TPSA) is 43.1 Å². The summed E-state index contributed by atoms with van der Waals surface area (Å²) in [5, 5.41) is -0.0286. The van der Waals surface area contributed by atoms with Gasteiger partial charge in [0.25, 0.3) is 5.12 Å². The van der Waals surface area contributed by atoms with Crippen LogP contribution in [-0.4, -0.2) is 21.6 Å². The maximum atomic E-state index is 13.0. The van der Waals surface area contributed by atoms with Crippen LogP contribution >= 0.6 is 46.6 Å². The van der Waals surface area contributed by atoms with Crippen molar-refractivity contribution in [2.24, 2.45) is 0 Å². The first-order valence-corrected chi connectivity index (χ1v) is 12.3. The summed E-state index contributed by atoms with van der Waals surface area (Å²) < 4.78 is 8.11. The Hall–Kier alpha value is -0.890. The van der Waals surface area contributed by atoms with E-state index in [9.17, 15) is 4.79 Å². The highest BCUT2D eigenvalue weighted by atomic mass is 32.2. The Morgan fingerprint density at radius 3 is 2.88 bits per heavy atom. The molecule has 3 aromatic rings. The summed E-state index contributed by atoms with van der Waals surface area (Å²) in [7, 11) is 0. The third-order valence-electron chi connectivity index (χ3n) is 4.90. The second-order valence-corrected chi connectivity index (χ2v) is 11.8. The van der Waals surface area contributed by atoms with Crippen molar-refractivity contribution in [1.29, 1.82) is 0 Å². The minimum atomic E-state index is -0.0286. The molecule has 0 atom stereocenters. The van der Waals surface area contributed by atoms with Crippen LogP contribution in [0.1, 0.15) is 40.3 Å². The van der Waals surface area contributed by atoms with Gasteiger partial charge in [0, 0.05) is 29.1 Å². The van der Waals surface area contributed by atoms with E-state index in [4.69, 9.17) is 4.42 Å². The monoisotopic (exact) mass is 419 g/mol. The van der Waals surface area contributed by atoms with Gasteiger partial charge in [-0.1, -0.05) is 12.1 Å². The van der Waals surface area contributed by atoms with Crippen molar-refractivity contribution in [3.63, 3.8) is 0 Å². The molecule has 1 spiro atoms. The van der Waals surface area contributed by atoms with Crippen LogP contribution in [0.5, 0.6) is 0 Å². The number of aryl methyl sites for hydroxylation is 1. The molecule has 0 radical (unpaired) electrons. The van der Waals surface area contributed by atoms with Crippen molar-refractivity contribution < 1.29 is 9.21 Å². The van der Waals surface area contributed by atoms with Crippen LogP contribution in [0.15, 0.2) is 33.0 Å². The quantitative estimate of drug-likeness (QED) is 0.468. The van der Waals surface area contributed by atoms with Gasteiger partial charge in [0.2, 0.25) is 0 Å². The van der Waals surface area contributed by atoms with Gasteiger partial charge >= 0.3 is 0 Å². The zero-order valence-electron chi connectivity index (χ0n) is 14.2. The summed E-state index contributed by atoms with van der Waals surface area (Å²) in [6, 6.07) is 7.99. The molecule has 1 fully saturated rings. The Bertz CT molecular complexity index is 967. The normalized spacial score (nSPS) is 18.5. The number of fused-ring (bicyclic) bond motifs is 3. The molecule has 3 heterocycles. The average molecular weight is 420 g/mol. The number of furan rings is 1. The lowest BCUT2D eigenvalue weighted by molar-refractivity contribution is 0.106. The lowest BCUT2D eigenvalue weighted by Gasteiger charge is -2.31. The molecule has 3 nitrogen and oxygen atoms in total. The SMILES string of the molecule is Cc1c(C(=O)Sc2nc3ccccc3s2)oc2c1C1(CCC2)SCCS1. The Morgan fingerprint density at radius 1 is 1.27 bits per heavy atom. The van der Waals surface area contributed by atoms with Crippen molar-refractivity contribution in [1.82, 2.24) is 4.98 Å². The fraction of sp³-hybridized carbons (Fsp3) is 0.368. The van der Waals surface area contributed by atoms with Gasteiger partial charge in [-0.2, -0.15) is 0 Å². The summed E-state index contributed by atoms with van der Waals surface area (Å²) >= 11 is 6.81. The molecule has 5 rings (SSSR count). The van der Waals surface area contributed by atoms with Crippen molar-refractivity contribution in [2.75, 3.05) is 11.5 Å². The van der Waals surface area contributed by atoms with Crippen LogP contribution < -0.4 is 0 Å². The number of aromatic nitrogens is 1. The van der Waals surface area contributed by atoms with Gasteiger partial charge in [-0.05, 0) is 43.7 Å². The van der Waals surface area contributed by atoms with E-state index < -0.39 is 0 Å². The third-order valence-corrected chi connectivity index (χ3v) is 10.4. The van der Waals surface area contributed by atoms with Gasteiger partial charge in [0.15, 0.2) is 10.1 Å². The number of hydrogen-bond acceptors (Lipinski definition) is 7. The number of carbonyl (C=O) groups excluding carboxylic acids is 1. The molecule has 0 N–H and O–H groups in total. The molecule has 1 saturated heterocycles. The van der Waals surface area contributed by atoms with Crippen LogP contribution in [0.4, 0.5) is 0 Å². The molecule has 0 amide bonds. The van der Waals surface area contributed by atoms with E-state index in [1.54, 1.807) is 11.3 Å². The summed E-state index contributed by atoms with van der Waals surface area (Å²) in [6.45, 7) is 2.06. The zero-order valence-corrected chi connectivity index (χ0v) is 17.5. The smallest absolute Gasteiger partial charge is 0.261 e. The maximum absolute atomic E-state index is 13.0. The van der Waals surface area contributed by atoms with Crippen molar-refractivity contribution in [2.45, 2.75) is 34.6 Å². The second-order valence-electron chi connectivity index (χ2n) is 6.49. The van der Waals surface area contributed by atoms with E-state index in [1.165, 1.54) is 35.3 Å². The fourth-order valence-corrected chi connectivity index (χ4v) is 9.32. The molecule has 0 bridgehead atoms. The number of benzene rings is 1. The summed E-state index contributed by atoms with van der Waals surface area (Å²) in [5.41, 5.74) is 3.28. The average Bonchev–Trinajstić information content (AvgIpc) is 3.33. The lowest BCUT2D eigenvalue weighted by Crippen LogP contribution is -2.21. The Balaban J connectivity index is 1.48. The number of hydrogen-bond donors (Lipinski definition) is 0. The van der Waals surface area contributed by atoms with Gasteiger partial charge in [-0.25, -0.2) is 4.98 Å². The number of para-hydroxylation sites is 1. The summed E-state index contributed by atoms with van der Waals surface area (Å²) in [6.07, 6.45) is 3.26. The molecular weight excluding hydrogens is 402 g/mol. The lowest BCUT2D eigenvalue weighted by atomic mass is 9.94. The summed E-state index contributed by atoms with van der Waals surface area (Å²) in [4.78, 5) is 17.5. The van der Waals surface area contributed by atoms with Gasteiger partial charge in [-0.3, -0.25) is 4.79 Å². The number of carbonyl (C=O) groups is 1. The van der Waals surface area contributed by atoms with E-state index in [-0.39, 0.29) is 9.19 Å². The highest BCUT2D eigenvalue weighted by molar-refractivity contribution is 8.20. The fourth-order valence-electron chi connectivity index (χ4n) is 3.81. The number of thioether (sulfide) groups is 3. The largest absolute Gasteiger partial charge is 0.456 e. The van der Waals surface area contributed by atoms with Crippen LogP contribution in [0, 0.1) is 6.92 Å². The number of nitrogens with zero attached hydrogens (tertiary/aromatic N) is 1. The highest BCUT2D eigenvalue weighted by Gasteiger charge is 2.45. The molecule has 1 aromatic carbocycles. The van der Waals surface area contributed by atoms with Crippen molar-refractivity contribution in [3.05, 3.63) is 46.9 Å². The van der Waals surface area contributed by atoms with E-state index in [0.717, 1.165) is 38.7 Å². The minimum Gasteiger partial charge on any atom is -0.456 e. The molecule has 0 unspecified atom stereocenters. The van der Waals surface area contributed by atoms with E-state index >= 15 is 0 Å². The molecular formula is C19H17NO2S4. The first-order chi connectivity index (χ1) is 12.7. The van der Waals surface area contributed by atoms with Crippen LogP contribution in [0.3, 0.4) is 0 Å². The van der Waals surface area contributed by atoms with E-state index in [2.05, 4.69) is 11.9 Å². The van der Waals surface area contributed by atoms with Gasteiger partial charge in [0.05, 0.1) is 14.3 Å². The van der Waals surface area contributed by atoms with Gasteiger partial charge in [0.1, 0.15) is 5.76 Å². The molecule has 2 aliphatic rings. The van der Waals surface area contributed by atoms with E-state index in [0.29, 0.717) is 5.76 Å². The van der Waals surface area contributed by atoms with Crippen molar-refractivity contribution in [3.8, 4) is 0 Å². The second kappa shape index (κ2) is 6.62. The third kappa shape index (κ3) is 2.75. The standard InChI is InChI=1S/C19H17NO2S4/c1-11-15-13(6-4-8-19(15)23-9-10-24-19)22-16(11)17(21)26-18-20-12-5-2-3-7-14(12)25-18/h2-3,5,7H,4,6,8-10H2,1H3. The predicted octanol–water partition coefficient (Wildman–Crippen LogP) is 6.10. The number of thiazole rings is 1.